The van der Waals surface area contributed by atoms with Crippen molar-refractivity contribution in [2.75, 3.05) is 11.9 Å². The van der Waals surface area contributed by atoms with Crippen LogP contribution in [0, 0.1) is 0 Å². The van der Waals surface area contributed by atoms with E-state index in [0.29, 0.717) is 16.5 Å². The molecule has 25 heavy (non-hydrogen) atoms. The van der Waals surface area contributed by atoms with Gasteiger partial charge in [0.15, 0.2) is 0 Å². The number of carbonyl (C=O) groups excluding carboxylic acids is 2. The molecule has 2 aromatic carbocycles. The van der Waals surface area contributed by atoms with Gasteiger partial charge < -0.3 is 21.1 Å². The smallest absolute Gasteiger partial charge is 0.319 e. The van der Waals surface area contributed by atoms with Crippen molar-refractivity contribution in [1.29, 1.82) is 0 Å². The molecule has 0 aliphatic rings. The van der Waals surface area contributed by atoms with E-state index in [4.69, 9.17) is 22.1 Å². The van der Waals surface area contributed by atoms with E-state index in [0.717, 1.165) is 5.56 Å². The molecule has 0 heterocycles. The number of benzene rings is 2. The van der Waals surface area contributed by atoms with E-state index in [1.165, 1.54) is 0 Å². The molecule has 0 saturated heterocycles. The number of urea groups is 1. The Bertz CT molecular complexity index is 735. The molecule has 6 nitrogen and oxygen atoms in total. The number of nitrogens with one attached hydrogen (secondary N) is 2. The highest BCUT2D eigenvalue weighted by Gasteiger charge is 2.12. The molecule has 7 heteroatoms. The predicted molar refractivity (Wildman–Crippen MR) is 97.8 cm³/mol. The van der Waals surface area contributed by atoms with Crippen molar-refractivity contribution < 1.29 is 14.3 Å². The van der Waals surface area contributed by atoms with Crippen LogP contribution in [0.4, 0.5) is 10.5 Å². The van der Waals surface area contributed by atoms with Crippen LogP contribution in [0.2, 0.25) is 5.02 Å². The van der Waals surface area contributed by atoms with Crippen LogP contribution in [0.3, 0.4) is 0 Å². The largest absolute Gasteiger partial charge is 0.493 e. The maximum Gasteiger partial charge on any atom is 0.319 e. The molecule has 0 radical (unpaired) electrons. The number of hydrogen-bond donors (Lipinski definition) is 3. The number of nitrogens with two attached hydrogens (primary N) is 1. The zero-order valence-electron chi connectivity index (χ0n) is 13.8. The molecule has 0 aliphatic carbocycles. The fourth-order valence-corrected chi connectivity index (χ4v) is 2.47. The van der Waals surface area contributed by atoms with Crippen LogP contribution >= 0.6 is 11.6 Å². The summed E-state index contributed by atoms with van der Waals surface area (Å²) >= 11 is 6.13. The van der Waals surface area contributed by atoms with E-state index in [-0.39, 0.29) is 25.1 Å². The zero-order valence-corrected chi connectivity index (χ0v) is 14.5. The minimum absolute atomic E-state index is 0.155. The third-order valence-corrected chi connectivity index (χ3v) is 3.79. The Morgan fingerprint density at radius 1 is 1.16 bits per heavy atom. The second kappa shape index (κ2) is 8.94. The van der Waals surface area contributed by atoms with Crippen molar-refractivity contribution in [3.8, 4) is 5.75 Å². The van der Waals surface area contributed by atoms with E-state index in [9.17, 15) is 9.59 Å². The molecule has 0 bridgehead atoms. The van der Waals surface area contributed by atoms with Gasteiger partial charge in [0.05, 0.1) is 19.1 Å². The zero-order chi connectivity index (χ0) is 18.2. The van der Waals surface area contributed by atoms with Crippen molar-refractivity contribution in [2.45, 2.75) is 19.4 Å². The Labute approximate surface area is 151 Å². The molecule has 2 aromatic rings. The summed E-state index contributed by atoms with van der Waals surface area (Å²) in [6, 6.07) is 13.6. The molecule has 3 amide bonds. The van der Waals surface area contributed by atoms with E-state index < -0.39 is 5.91 Å². The van der Waals surface area contributed by atoms with Crippen molar-refractivity contribution in [2.24, 2.45) is 5.73 Å². The maximum atomic E-state index is 12.1. The summed E-state index contributed by atoms with van der Waals surface area (Å²) in [6.07, 6.45) is 0.155. The minimum atomic E-state index is -0.414. The third kappa shape index (κ3) is 6.00. The van der Waals surface area contributed by atoms with Gasteiger partial charge in [-0.2, -0.15) is 0 Å². The van der Waals surface area contributed by atoms with Crippen molar-refractivity contribution in [3.63, 3.8) is 0 Å². The van der Waals surface area contributed by atoms with E-state index in [1.54, 1.807) is 30.3 Å². The van der Waals surface area contributed by atoms with Gasteiger partial charge in [0.2, 0.25) is 5.91 Å². The monoisotopic (exact) mass is 361 g/mol. The fourth-order valence-electron chi connectivity index (χ4n) is 2.17. The highest BCUT2D eigenvalue weighted by Crippen LogP contribution is 2.22. The number of anilines is 1. The van der Waals surface area contributed by atoms with Gasteiger partial charge in [-0.15, -0.1) is 0 Å². The number of amides is 3. The van der Waals surface area contributed by atoms with Crippen LogP contribution in [-0.2, 0) is 4.79 Å². The Morgan fingerprint density at radius 3 is 2.48 bits per heavy atom. The van der Waals surface area contributed by atoms with Gasteiger partial charge in [-0.1, -0.05) is 29.8 Å². The van der Waals surface area contributed by atoms with Crippen LogP contribution in [0.5, 0.6) is 5.75 Å². The predicted octanol–water partition coefficient (Wildman–Crippen LogP) is 3.48. The number of hydrogen-bond acceptors (Lipinski definition) is 3. The lowest BCUT2D eigenvalue weighted by Crippen LogP contribution is -2.31. The van der Waals surface area contributed by atoms with Gasteiger partial charge in [0.1, 0.15) is 5.75 Å². The van der Waals surface area contributed by atoms with Crippen LogP contribution in [0.15, 0.2) is 48.5 Å². The summed E-state index contributed by atoms with van der Waals surface area (Å²) < 4.78 is 5.37. The number of rotatable bonds is 7. The van der Waals surface area contributed by atoms with E-state index in [1.807, 2.05) is 25.1 Å². The molecule has 2 rings (SSSR count). The first-order chi connectivity index (χ1) is 12.0. The lowest BCUT2D eigenvalue weighted by Gasteiger charge is -2.16. The molecule has 1 unspecified atom stereocenters. The molecule has 4 N–H and O–H groups in total. The van der Waals surface area contributed by atoms with Crippen LogP contribution in [0.1, 0.15) is 24.9 Å². The standard InChI is InChI=1S/C18H20ClN3O3/c1-12(15-4-2-3-5-16(15)19)21-18(24)22-13-6-8-14(9-7-13)25-11-10-17(20)23/h2-9,12H,10-11H2,1H3,(H2,20,23)(H2,21,22,24). The van der Waals surface area contributed by atoms with Crippen LogP contribution in [-0.4, -0.2) is 18.5 Å². The molecule has 132 valence electrons. The fraction of sp³-hybridized carbons (Fsp3) is 0.222. The number of ether oxygens (including phenoxy) is 1. The van der Waals surface area contributed by atoms with E-state index in [2.05, 4.69) is 10.6 Å². The summed E-state index contributed by atoms with van der Waals surface area (Å²) in [6.45, 7) is 2.08. The summed E-state index contributed by atoms with van der Waals surface area (Å²) in [5.74, 6) is 0.180. The second-order valence-electron chi connectivity index (χ2n) is 5.43. The molecular weight excluding hydrogens is 342 g/mol. The average molecular weight is 362 g/mol. The van der Waals surface area contributed by atoms with Gasteiger partial charge in [-0.3, -0.25) is 4.79 Å². The molecule has 0 aliphatic heterocycles. The van der Waals surface area contributed by atoms with Crippen molar-refractivity contribution >= 4 is 29.2 Å². The minimum Gasteiger partial charge on any atom is -0.493 e. The average Bonchev–Trinajstić information content (AvgIpc) is 2.56. The first-order valence-corrected chi connectivity index (χ1v) is 8.16. The number of halogens is 1. The third-order valence-electron chi connectivity index (χ3n) is 3.45. The lowest BCUT2D eigenvalue weighted by molar-refractivity contribution is -0.118. The van der Waals surface area contributed by atoms with Gasteiger partial charge in [-0.05, 0) is 42.8 Å². The summed E-state index contributed by atoms with van der Waals surface area (Å²) in [7, 11) is 0. The van der Waals surface area contributed by atoms with Crippen LogP contribution in [0.25, 0.3) is 0 Å². The molecular formula is C18H20ClN3O3. The molecule has 0 aromatic heterocycles. The number of primary amides is 1. The highest BCUT2D eigenvalue weighted by molar-refractivity contribution is 6.31. The Hall–Kier alpha value is -2.73. The van der Waals surface area contributed by atoms with Crippen molar-refractivity contribution in [3.05, 3.63) is 59.1 Å². The van der Waals surface area contributed by atoms with E-state index >= 15 is 0 Å². The van der Waals surface area contributed by atoms with Gasteiger partial charge in [0.25, 0.3) is 0 Å². The normalized spacial score (nSPS) is 11.4. The first kappa shape index (κ1) is 18.6. The summed E-state index contributed by atoms with van der Waals surface area (Å²) in [4.78, 5) is 22.7. The first-order valence-electron chi connectivity index (χ1n) is 7.79. The van der Waals surface area contributed by atoms with Gasteiger partial charge in [-0.25, -0.2) is 4.79 Å². The SMILES string of the molecule is CC(NC(=O)Nc1ccc(OCCC(N)=O)cc1)c1ccccc1Cl. The Balaban J connectivity index is 1.86. The van der Waals surface area contributed by atoms with Crippen LogP contribution < -0.4 is 21.1 Å². The quantitative estimate of drug-likeness (QED) is 0.704. The summed E-state index contributed by atoms with van der Waals surface area (Å²) in [5, 5.41) is 6.17. The number of carbonyl (C=O) groups is 2. The molecule has 0 fully saturated rings. The second-order valence-corrected chi connectivity index (χ2v) is 5.84. The molecule has 1 atom stereocenters. The lowest BCUT2D eigenvalue weighted by atomic mass is 10.1. The van der Waals surface area contributed by atoms with Gasteiger partial charge in [0, 0.05) is 10.7 Å². The molecule has 0 saturated carbocycles. The highest BCUT2D eigenvalue weighted by atomic mass is 35.5. The maximum absolute atomic E-state index is 12.1. The Kier molecular flexibility index (Phi) is 6.65. The Morgan fingerprint density at radius 2 is 1.84 bits per heavy atom. The topological polar surface area (TPSA) is 93.4 Å². The van der Waals surface area contributed by atoms with Crippen molar-refractivity contribution in [1.82, 2.24) is 5.32 Å². The summed E-state index contributed by atoms with van der Waals surface area (Å²) in [5.41, 5.74) is 6.51. The van der Waals surface area contributed by atoms with Gasteiger partial charge >= 0.3 is 6.03 Å². The molecule has 0 spiro atoms.